The number of benzene rings is 1. The maximum atomic E-state index is 11.1. The number of rotatable bonds is 3. The van der Waals surface area contributed by atoms with Gasteiger partial charge in [-0.25, -0.2) is 4.98 Å². The Morgan fingerprint density at radius 1 is 1.37 bits per heavy atom. The van der Waals surface area contributed by atoms with Crippen LogP contribution in [0, 0.1) is 6.92 Å². The van der Waals surface area contributed by atoms with Gasteiger partial charge < -0.3 is 0 Å². The summed E-state index contributed by atoms with van der Waals surface area (Å²) in [7, 11) is 0. The number of thiazole rings is 1. The number of aryl methyl sites for hydroxylation is 1. The van der Waals surface area contributed by atoms with Crippen molar-refractivity contribution in [3.8, 4) is 16.4 Å². The summed E-state index contributed by atoms with van der Waals surface area (Å²) in [5.74, 6) is 0. The van der Waals surface area contributed by atoms with Crippen molar-refractivity contribution in [1.29, 1.82) is 0 Å². The molecule has 0 amide bonds. The molecule has 3 rings (SSSR count). The molecule has 1 aromatic carbocycles. The van der Waals surface area contributed by atoms with E-state index < -0.39 is 0 Å². The third-order valence-electron chi connectivity index (χ3n) is 2.70. The normalized spacial score (nSPS) is 10.6. The van der Waals surface area contributed by atoms with Gasteiger partial charge in [-0.3, -0.25) is 4.79 Å². The first-order valence-electron chi connectivity index (χ1n) is 5.67. The molecule has 0 N–H and O–H groups in total. The number of nitrogens with zero attached hydrogens (tertiary/aromatic N) is 4. The molecule has 94 valence electrons. The lowest BCUT2D eigenvalue weighted by atomic mass is 10.1. The topological polar surface area (TPSA) is 60.7 Å². The Labute approximate surface area is 113 Å². The van der Waals surface area contributed by atoms with E-state index in [1.165, 1.54) is 11.3 Å². The van der Waals surface area contributed by atoms with Crippen LogP contribution in [0.5, 0.6) is 0 Å². The molecule has 0 spiro atoms. The SMILES string of the molecule is Cc1cccc(-c2c(C=O)nnn2-c2nccs2)c1. The molecule has 0 saturated heterocycles. The van der Waals surface area contributed by atoms with Crippen molar-refractivity contribution in [2.45, 2.75) is 6.92 Å². The van der Waals surface area contributed by atoms with E-state index in [9.17, 15) is 4.79 Å². The molecular formula is C13H10N4OS. The van der Waals surface area contributed by atoms with Crippen molar-refractivity contribution in [2.75, 3.05) is 0 Å². The number of carbonyl (C=O) groups excluding carboxylic acids is 1. The van der Waals surface area contributed by atoms with E-state index in [1.54, 1.807) is 10.9 Å². The Hall–Kier alpha value is -2.34. The zero-order chi connectivity index (χ0) is 13.2. The molecule has 5 nitrogen and oxygen atoms in total. The number of aromatic nitrogens is 4. The van der Waals surface area contributed by atoms with Crippen molar-refractivity contribution >= 4 is 17.6 Å². The Bertz CT molecular complexity index is 718. The number of carbonyl (C=O) groups is 1. The molecule has 2 aromatic heterocycles. The molecule has 0 aliphatic carbocycles. The van der Waals surface area contributed by atoms with Gasteiger partial charge in [0.25, 0.3) is 0 Å². The number of hydrogen-bond donors (Lipinski definition) is 0. The Kier molecular flexibility index (Phi) is 2.92. The van der Waals surface area contributed by atoms with Gasteiger partial charge in [0.1, 0.15) is 5.69 Å². The summed E-state index contributed by atoms with van der Waals surface area (Å²) >= 11 is 1.45. The van der Waals surface area contributed by atoms with Gasteiger partial charge in [-0.2, -0.15) is 4.68 Å². The van der Waals surface area contributed by atoms with Crippen molar-refractivity contribution in [3.63, 3.8) is 0 Å². The minimum atomic E-state index is 0.320. The second kappa shape index (κ2) is 4.74. The van der Waals surface area contributed by atoms with Gasteiger partial charge >= 0.3 is 0 Å². The maximum Gasteiger partial charge on any atom is 0.212 e. The monoisotopic (exact) mass is 270 g/mol. The zero-order valence-electron chi connectivity index (χ0n) is 10.1. The van der Waals surface area contributed by atoms with Crippen LogP contribution >= 0.6 is 11.3 Å². The predicted molar refractivity (Wildman–Crippen MR) is 72.6 cm³/mol. The number of aldehydes is 1. The van der Waals surface area contributed by atoms with Crippen LogP contribution < -0.4 is 0 Å². The predicted octanol–water partition coefficient (Wildman–Crippen LogP) is 2.51. The van der Waals surface area contributed by atoms with Crippen LogP contribution in [0.4, 0.5) is 0 Å². The summed E-state index contributed by atoms with van der Waals surface area (Å²) in [4.78, 5) is 15.3. The first kappa shape index (κ1) is 11.7. The molecule has 3 aromatic rings. The lowest BCUT2D eigenvalue weighted by molar-refractivity contribution is 0.111. The van der Waals surface area contributed by atoms with Crippen LogP contribution in [0.1, 0.15) is 16.1 Å². The van der Waals surface area contributed by atoms with E-state index in [0.717, 1.165) is 17.4 Å². The van der Waals surface area contributed by atoms with Crippen LogP contribution in [0.3, 0.4) is 0 Å². The highest BCUT2D eigenvalue weighted by Gasteiger charge is 2.17. The van der Waals surface area contributed by atoms with Crippen LogP contribution in [0.2, 0.25) is 0 Å². The molecule has 0 fully saturated rings. The van der Waals surface area contributed by atoms with Gasteiger partial charge in [0, 0.05) is 17.1 Å². The molecule has 0 saturated carbocycles. The summed E-state index contributed by atoms with van der Waals surface area (Å²) in [6, 6.07) is 7.87. The average molecular weight is 270 g/mol. The van der Waals surface area contributed by atoms with Crippen LogP contribution in [-0.2, 0) is 0 Å². The minimum Gasteiger partial charge on any atom is -0.296 e. The standard InChI is InChI=1S/C13H10N4OS/c1-9-3-2-4-10(7-9)12-11(8-18)15-16-17(12)13-14-5-6-19-13/h2-8H,1H3. The molecule has 0 atom stereocenters. The van der Waals surface area contributed by atoms with Gasteiger partial charge in [-0.1, -0.05) is 29.0 Å². The van der Waals surface area contributed by atoms with E-state index in [1.807, 2.05) is 36.6 Å². The third-order valence-corrected chi connectivity index (χ3v) is 3.45. The van der Waals surface area contributed by atoms with E-state index in [4.69, 9.17) is 0 Å². The maximum absolute atomic E-state index is 11.1. The molecular weight excluding hydrogens is 260 g/mol. The van der Waals surface area contributed by atoms with Crippen molar-refractivity contribution in [2.24, 2.45) is 0 Å². The van der Waals surface area contributed by atoms with Crippen LogP contribution in [-0.4, -0.2) is 26.3 Å². The van der Waals surface area contributed by atoms with Crippen LogP contribution in [0.15, 0.2) is 35.8 Å². The molecule has 0 radical (unpaired) electrons. The van der Waals surface area contributed by atoms with Gasteiger partial charge in [-0.05, 0) is 13.0 Å². The quantitative estimate of drug-likeness (QED) is 0.686. The molecule has 0 aliphatic rings. The first-order valence-corrected chi connectivity index (χ1v) is 6.55. The summed E-state index contributed by atoms with van der Waals surface area (Å²) in [5.41, 5.74) is 3.01. The van der Waals surface area contributed by atoms with E-state index in [2.05, 4.69) is 15.3 Å². The fourth-order valence-corrected chi connectivity index (χ4v) is 2.48. The second-order valence-corrected chi connectivity index (χ2v) is 4.91. The summed E-state index contributed by atoms with van der Waals surface area (Å²) in [6.45, 7) is 2.00. The molecule has 19 heavy (non-hydrogen) atoms. The van der Waals surface area contributed by atoms with Crippen molar-refractivity contribution < 1.29 is 4.79 Å². The van der Waals surface area contributed by atoms with E-state index >= 15 is 0 Å². The summed E-state index contributed by atoms with van der Waals surface area (Å²) in [6.07, 6.45) is 2.41. The second-order valence-electron chi connectivity index (χ2n) is 4.04. The lowest BCUT2D eigenvalue weighted by Crippen LogP contribution is -1.99. The average Bonchev–Trinajstić information content (AvgIpc) is 3.07. The largest absolute Gasteiger partial charge is 0.296 e. The van der Waals surface area contributed by atoms with E-state index in [0.29, 0.717) is 16.5 Å². The Morgan fingerprint density at radius 2 is 2.26 bits per heavy atom. The zero-order valence-corrected chi connectivity index (χ0v) is 11.0. The highest BCUT2D eigenvalue weighted by molar-refractivity contribution is 7.12. The fourth-order valence-electron chi connectivity index (χ4n) is 1.89. The molecule has 0 bridgehead atoms. The fraction of sp³-hybridized carbons (Fsp3) is 0.0769. The highest BCUT2D eigenvalue weighted by atomic mass is 32.1. The first-order chi connectivity index (χ1) is 9.29. The van der Waals surface area contributed by atoms with Gasteiger partial charge in [0.15, 0.2) is 12.0 Å². The molecule has 2 heterocycles. The van der Waals surface area contributed by atoms with Crippen LogP contribution in [0.25, 0.3) is 16.4 Å². The Morgan fingerprint density at radius 3 is 2.95 bits per heavy atom. The van der Waals surface area contributed by atoms with Gasteiger partial charge in [0.2, 0.25) is 5.13 Å². The van der Waals surface area contributed by atoms with Crippen molar-refractivity contribution in [3.05, 3.63) is 47.1 Å². The third kappa shape index (κ3) is 2.06. The van der Waals surface area contributed by atoms with Gasteiger partial charge in [-0.15, -0.1) is 16.4 Å². The van der Waals surface area contributed by atoms with Crippen molar-refractivity contribution in [1.82, 2.24) is 20.0 Å². The Balaban J connectivity index is 2.24. The molecule has 0 aliphatic heterocycles. The summed E-state index contributed by atoms with van der Waals surface area (Å²) < 4.78 is 1.60. The van der Waals surface area contributed by atoms with E-state index in [-0.39, 0.29) is 0 Å². The highest BCUT2D eigenvalue weighted by Crippen LogP contribution is 2.25. The summed E-state index contributed by atoms with van der Waals surface area (Å²) in [5, 5.41) is 10.5. The van der Waals surface area contributed by atoms with Gasteiger partial charge in [0.05, 0.1) is 0 Å². The molecule has 6 heteroatoms. The lowest BCUT2D eigenvalue weighted by Gasteiger charge is -2.04. The smallest absolute Gasteiger partial charge is 0.212 e. The minimum absolute atomic E-state index is 0.320. The number of hydrogen-bond acceptors (Lipinski definition) is 5. The molecule has 0 unspecified atom stereocenters.